The number of benzene rings is 1. The van der Waals surface area contributed by atoms with Crippen molar-refractivity contribution in [2.75, 3.05) is 29.9 Å². The fourth-order valence-corrected chi connectivity index (χ4v) is 5.29. The first kappa shape index (κ1) is 33.6. The van der Waals surface area contributed by atoms with Crippen LogP contribution in [0.15, 0.2) is 53.5 Å². The van der Waals surface area contributed by atoms with Gasteiger partial charge in [-0.3, -0.25) is 11.4 Å². The topological polar surface area (TPSA) is 133 Å². The number of esters is 1. The first-order valence-corrected chi connectivity index (χ1v) is 14.3. The molecule has 4 heterocycles. The van der Waals surface area contributed by atoms with Gasteiger partial charge in [-0.25, -0.2) is 31.9 Å². The molecule has 2 aliphatic heterocycles. The Hall–Kier alpha value is -4.27. The predicted molar refractivity (Wildman–Crippen MR) is 166 cm³/mol. The molecule has 1 fully saturated rings. The molecule has 0 saturated carbocycles. The minimum Gasteiger partial charge on any atom is -0.577 e. The summed E-state index contributed by atoms with van der Waals surface area (Å²) >= 11 is 0. The first-order chi connectivity index (χ1) is 21.1. The summed E-state index contributed by atoms with van der Waals surface area (Å²) in [6.07, 6.45) is 8.74. The second-order valence-corrected chi connectivity index (χ2v) is 11.6. The van der Waals surface area contributed by atoms with Crippen molar-refractivity contribution in [1.82, 2.24) is 15.0 Å². The maximum atomic E-state index is 14.9. The van der Waals surface area contributed by atoms with Crippen molar-refractivity contribution in [3.8, 4) is 11.5 Å². The quantitative estimate of drug-likeness (QED) is 0.0704. The Labute approximate surface area is 273 Å². The Morgan fingerprint density at radius 2 is 2.16 bits per heavy atom. The van der Waals surface area contributed by atoms with Gasteiger partial charge in [0.25, 0.3) is 0 Å². The number of aromatic nitrogens is 3. The fraction of sp³-hybridized carbons (Fsp3) is 0.375. The van der Waals surface area contributed by atoms with Gasteiger partial charge in [-0.15, -0.1) is 6.08 Å². The van der Waals surface area contributed by atoms with Crippen LogP contribution in [0.1, 0.15) is 40.0 Å². The fourth-order valence-electron chi connectivity index (χ4n) is 5.29. The van der Waals surface area contributed by atoms with Crippen LogP contribution in [0.5, 0.6) is 11.5 Å². The van der Waals surface area contributed by atoms with Crippen LogP contribution in [0.25, 0.3) is 16.4 Å². The molecule has 1 aromatic carbocycles. The van der Waals surface area contributed by atoms with E-state index in [-0.39, 0.29) is 42.3 Å². The molecular weight excluding hydrogens is 572 g/mol. The first-order valence-electron chi connectivity index (χ1n) is 14.3. The molecule has 1 unspecified atom stereocenters. The number of aliphatic imine (C=N–C) groups is 1. The maximum absolute atomic E-state index is 14.9. The van der Waals surface area contributed by atoms with E-state index in [0.29, 0.717) is 59.4 Å². The number of allylic oxidation sites excluding steroid dienone is 2. The minimum atomic E-state index is -0.650. The second kappa shape index (κ2) is 14.7. The van der Waals surface area contributed by atoms with Gasteiger partial charge >= 0.3 is 24.8 Å². The van der Waals surface area contributed by atoms with E-state index in [9.17, 15) is 9.18 Å². The average Bonchev–Trinajstić information content (AvgIpc) is 3.12. The van der Waals surface area contributed by atoms with Gasteiger partial charge in [-0.1, -0.05) is 0 Å². The van der Waals surface area contributed by atoms with Crippen molar-refractivity contribution in [3.05, 3.63) is 66.3 Å². The Balaban J connectivity index is 0.00000461. The third kappa shape index (κ3) is 8.47. The molecule has 2 bridgehead atoms. The predicted octanol–water partition coefficient (Wildman–Crippen LogP) is 2.67. The van der Waals surface area contributed by atoms with E-state index in [2.05, 4.69) is 31.4 Å². The van der Waals surface area contributed by atoms with Gasteiger partial charge in [0.15, 0.2) is 23.2 Å². The number of halogens is 1. The van der Waals surface area contributed by atoms with Crippen LogP contribution in [0.4, 0.5) is 21.7 Å². The number of rotatable bonds is 10. The molecule has 45 heavy (non-hydrogen) atoms. The van der Waals surface area contributed by atoms with E-state index in [1.807, 2.05) is 26.8 Å². The molecule has 5 rings (SSSR count). The molecule has 2 aliphatic rings. The number of hydrogen-bond donors (Lipinski definition) is 1. The molecule has 11 nitrogen and oxygen atoms in total. The normalized spacial score (nSPS) is 17.9. The van der Waals surface area contributed by atoms with Crippen molar-refractivity contribution >= 4 is 46.9 Å². The minimum absolute atomic E-state index is 0. The molecule has 0 aliphatic carbocycles. The Bertz CT molecular complexity index is 1630. The summed E-state index contributed by atoms with van der Waals surface area (Å²) in [7, 11) is 0. The summed E-state index contributed by atoms with van der Waals surface area (Å²) in [5.74, 6) is 1.50. The maximum Gasteiger partial charge on any atom is 1.00 e. The number of hydrogen-bond acceptors (Lipinski definition) is 9. The third-order valence-corrected chi connectivity index (χ3v) is 7.27. The number of nitrogens with zero attached hydrogens (tertiary/aromatic N) is 6. The molecule has 0 spiro atoms. The smallest absolute Gasteiger partial charge is 0.577 e. The van der Waals surface area contributed by atoms with E-state index in [1.165, 1.54) is 24.5 Å². The molecule has 0 amide bonds. The zero-order chi connectivity index (χ0) is 31.3. The molecular formula is C32H33FLiN7O4-2. The molecule has 2 atom stereocenters. The summed E-state index contributed by atoms with van der Waals surface area (Å²) in [6.45, 7) is 13.2. The van der Waals surface area contributed by atoms with E-state index in [4.69, 9.17) is 31.2 Å². The Morgan fingerprint density at radius 3 is 2.89 bits per heavy atom. The number of anilines is 3. The van der Waals surface area contributed by atoms with Gasteiger partial charge in [-0.05, 0) is 51.7 Å². The van der Waals surface area contributed by atoms with E-state index in [1.54, 1.807) is 6.07 Å². The van der Waals surface area contributed by atoms with E-state index < -0.39 is 11.4 Å². The largest absolute Gasteiger partial charge is 1.00 e. The zero-order valence-corrected chi connectivity index (χ0v) is 25.8. The summed E-state index contributed by atoms with van der Waals surface area (Å²) < 4.78 is 32.1. The van der Waals surface area contributed by atoms with Gasteiger partial charge in [0.1, 0.15) is 23.2 Å². The molecule has 2 aromatic heterocycles. The summed E-state index contributed by atoms with van der Waals surface area (Å²) in [4.78, 5) is 31.6. The number of piperidine rings is 1. The van der Waals surface area contributed by atoms with Crippen molar-refractivity contribution in [1.29, 1.82) is 0 Å². The van der Waals surface area contributed by atoms with Crippen LogP contribution >= 0.6 is 0 Å². The van der Waals surface area contributed by atoms with Crippen LogP contribution in [-0.2, 0) is 9.53 Å². The van der Waals surface area contributed by atoms with Crippen LogP contribution in [0, 0.1) is 24.2 Å². The van der Waals surface area contributed by atoms with E-state index >= 15 is 0 Å². The molecule has 1 N–H and O–H groups in total. The van der Waals surface area contributed by atoms with Crippen LogP contribution in [0.3, 0.4) is 0 Å². The number of carbonyl (C=O) groups is 1. The Kier molecular flexibility index (Phi) is 11.0. The van der Waals surface area contributed by atoms with Crippen LogP contribution in [-0.4, -0.2) is 58.8 Å². The van der Waals surface area contributed by atoms with E-state index in [0.717, 1.165) is 32.0 Å². The van der Waals surface area contributed by atoms with Gasteiger partial charge in [0.2, 0.25) is 0 Å². The molecule has 3 aromatic rings. The number of carbonyl (C=O) groups excluding carboxylic acids is 1. The molecule has 0 radical (unpaired) electrons. The number of fused-ring (bicyclic) bond motifs is 5. The van der Waals surface area contributed by atoms with Crippen LogP contribution in [0.2, 0.25) is 0 Å². The SMILES string of the molecule is [CH-]=C/C(=C\[C-]=NC=[N-])Oc1ccc(Nc2ncnc3cc4c(nc23)N2CCC(CCC(=O)OC(C)(C)C)[C@H](CO4)C2)cc1F.[Li+]. The molecule has 13 heteroatoms. The zero-order valence-electron chi connectivity index (χ0n) is 25.8. The summed E-state index contributed by atoms with van der Waals surface area (Å²) in [6, 6.07) is 6.17. The number of pyridine rings is 1. The van der Waals surface area contributed by atoms with Crippen molar-refractivity contribution in [3.63, 3.8) is 0 Å². The van der Waals surface area contributed by atoms with Gasteiger partial charge < -0.3 is 34.8 Å². The van der Waals surface area contributed by atoms with Gasteiger partial charge in [0.05, 0.1) is 12.1 Å². The number of nitrogens with one attached hydrogen (secondary N) is 1. The Morgan fingerprint density at radius 1 is 1.33 bits per heavy atom. The monoisotopic (exact) mass is 605 g/mol. The van der Waals surface area contributed by atoms with Gasteiger partial charge in [-0.2, -0.15) is 6.08 Å². The standard InChI is InChI=1S/C32H33FN7O4.Li/c1-5-23(10-12-35-18-34)43-26-8-7-22(14-24(26)33)38-30-29-25(36-19-37-30)15-27-31(39-29)40-13-11-20(21(16-40)17-42-27)6-9-28(41)44-32(2,3)4;/h1,5,7-8,10,14-15,18-21H,6,9,11,13,16-17H2,2-4H3,(H,36,37,38);/q-3;+1/b23-10+;/t20?,21-;/m0./s1. The summed E-state index contributed by atoms with van der Waals surface area (Å²) in [5.41, 5.74) is 1.01. The van der Waals surface area contributed by atoms with Crippen molar-refractivity contribution < 1.29 is 42.3 Å². The van der Waals surface area contributed by atoms with Crippen molar-refractivity contribution in [2.45, 2.75) is 45.6 Å². The summed E-state index contributed by atoms with van der Waals surface area (Å²) in [5, 5.41) is 11.7. The second-order valence-electron chi connectivity index (χ2n) is 11.6. The van der Waals surface area contributed by atoms with Crippen LogP contribution < -0.4 is 38.6 Å². The van der Waals surface area contributed by atoms with Crippen molar-refractivity contribution in [2.24, 2.45) is 16.8 Å². The number of ether oxygens (including phenoxy) is 3. The molecule has 230 valence electrons. The molecule has 1 saturated heterocycles. The van der Waals surface area contributed by atoms with Gasteiger partial charge in [0, 0.05) is 49.0 Å². The third-order valence-electron chi connectivity index (χ3n) is 7.27. The average molecular weight is 606 g/mol.